The normalized spacial score (nSPS) is 10.1. The summed E-state index contributed by atoms with van der Waals surface area (Å²) >= 11 is 0. The first kappa shape index (κ1) is 12.5. The van der Waals surface area contributed by atoms with Gasteiger partial charge >= 0.3 is 0 Å². The van der Waals surface area contributed by atoms with Crippen molar-refractivity contribution in [2.75, 3.05) is 18.9 Å². The Morgan fingerprint density at radius 3 is 2.88 bits per heavy atom. The highest BCUT2D eigenvalue weighted by atomic mass is 16.3. The molecule has 0 saturated carbocycles. The number of phenolic OH excluding ortho intramolecular Hbond substituents is 1. The van der Waals surface area contributed by atoms with E-state index in [0.29, 0.717) is 12.1 Å². The van der Waals surface area contributed by atoms with Crippen molar-refractivity contribution in [2.45, 2.75) is 19.8 Å². The minimum absolute atomic E-state index is 0.0730. The van der Waals surface area contributed by atoms with Crippen LogP contribution in [0.5, 0.6) is 5.75 Å². The lowest BCUT2D eigenvalue weighted by molar-refractivity contribution is -0.116. The van der Waals surface area contributed by atoms with Gasteiger partial charge in [0.15, 0.2) is 0 Å². The van der Waals surface area contributed by atoms with E-state index in [1.54, 1.807) is 25.1 Å². The summed E-state index contributed by atoms with van der Waals surface area (Å²) in [4.78, 5) is 11.5. The summed E-state index contributed by atoms with van der Waals surface area (Å²) in [6.45, 7) is 2.61. The molecule has 1 aromatic carbocycles. The molecule has 0 saturated heterocycles. The highest BCUT2D eigenvalue weighted by molar-refractivity contribution is 5.92. The zero-order valence-electron chi connectivity index (χ0n) is 9.71. The van der Waals surface area contributed by atoms with Gasteiger partial charge in [0.25, 0.3) is 0 Å². The molecule has 0 atom stereocenters. The summed E-state index contributed by atoms with van der Waals surface area (Å²) in [7, 11) is 1.85. The van der Waals surface area contributed by atoms with Crippen LogP contribution in [-0.2, 0) is 4.79 Å². The fourth-order valence-corrected chi connectivity index (χ4v) is 1.40. The van der Waals surface area contributed by atoms with Crippen molar-refractivity contribution < 1.29 is 9.90 Å². The Hall–Kier alpha value is -1.55. The lowest BCUT2D eigenvalue weighted by Crippen LogP contribution is -2.15. The fraction of sp³-hybridized carbons (Fsp3) is 0.417. The number of anilines is 1. The van der Waals surface area contributed by atoms with E-state index in [1.807, 2.05) is 7.05 Å². The first-order valence-corrected chi connectivity index (χ1v) is 5.38. The van der Waals surface area contributed by atoms with Gasteiger partial charge in [-0.25, -0.2) is 0 Å². The number of hydrogen-bond acceptors (Lipinski definition) is 3. The number of nitrogens with one attached hydrogen (secondary N) is 2. The summed E-state index contributed by atoms with van der Waals surface area (Å²) in [5.41, 5.74) is 1.24. The van der Waals surface area contributed by atoms with Crippen molar-refractivity contribution in [3.05, 3.63) is 23.8 Å². The Morgan fingerprint density at radius 1 is 1.44 bits per heavy atom. The predicted molar refractivity (Wildman–Crippen MR) is 64.6 cm³/mol. The maximum atomic E-state index is 11.5. The maximum Gasteiger partial charge on any atom is 0.224 e. The minimum atomic E-state index is -0.0730. The van der Waals surface area contributed by atoms with Gasteiger partial charge in [-0.2, -0.15) is 0 Å². The molecule has 0 bridgehead atoms. The van der Waals surface area contributed by atoms with Crippen LogP contribution in [0.15, 0.2) is 18.2 Å². The number of carbonyl (C=O) groups is 1. The number of rotatable bonds is 5. The van der Waals surface area contributed by atoms with Gasteiger partial charge in [-0.1, -0.05) is 12.1 Å². The number of para-hydroxylation sites is 1. The number of benzene rings is 1. The minimum Gasteiger partial charge on any atom is -0.505 e. The summed E-state index contributed by atoms with van der Waals surface area (Å²) in [6.07, 6.45) is 1.24. The molecule has 0 heterocycles. The molecule has 0 unspecified atom stereocenters. The smallest absolute Gasteiger partial charge is 0.224 e. The topological polar surface area (TPSA) is 61.4 Å². The molecule has 0 aliphatic carbocycles. The lowest BCUT2D eigenvalue weighted by Gasteiger charge is -2.08. The van der Waals surface area contributed by atoms with Gasteiger partial charge in [-0.3, -0.25) is 4.79 Å². The third kappa shape index (κ3) is 3.55. The average molecular weight is 222 g/mol. The van der Waals surface area contributed by atoms with Gasteiger partial charge in [0, 0.05) is 6.42 Å². The summed E-state index contributed by atoms with van der Waals surface area (Å²) in [6, 6.07) is 5.29. The van der Waals surface area contributed by atoms with Gasteiger partial charge in [0.05, 0.1) is 5.69 Å². The molecule has 0 aliphatic rings. The molecule has 0 aliphatic heterocycles. The van der Waals surface area contributed by atoms with Crippen LogP contribution in [0.3, 0.4) is 0 Å². The third-order valence-corrected chi connectivity index (χ3v) is 2.34. The standard InChI is InChI=1S/C12H18N2O2/c1-9-5-3-6-10(12(9)16)14-11(15)7-4-8-13-2/h3,5-6,13,16H,4,7-8H2,1-2H3,(H,14,15). The number of hydrogen-bond donors (Lipinski definition) is 3. The largest absolute Gasteiger partial charge is 0.505 e. The van der Waals surface area contributed by atoms with Gasteiger partial charge in [0.1, 0.15) is 5.75 Å². The summed E-state index contributed by atoms with van der Waals surface area (Å²) in [5, 5.41) is 15.4. The average Bonchev–Trinajstić information content (AvgIpc) is 2.25. The van der Waals surface area contributed by atoms with Gasteiger partial charge in [-0.15, -0.1) is 0 Å². The quantitative estimate of drug-likeness (QED) is 0.524. The second kappa shape index (κ2) is 6.12. The Morgan fingerprint density at radius 2 is 2.19 bits per heavy atom. The van der Waals surface area contributed by atoms with E-state index in [2.05, 4.69) is 10.6 Å². The van der Waals surface area contributed by atoms with Gasteiger partial charge in [0.2, 0.25) is 5.91 Å². The molecule has 0 fully saturated rings. The first-order valence-electron chi connectivity index (χ1n) is 5.38. The molecule has 1 aromatic rings. The van der Waals surface area contributed by atoms with E-state index in [4.69, 9.17) is 0 Å². The first-order chi connectivity index (χ1) is 7.65. The molecule has 0 spiro atoms. The van der Waals surface area contributed by atoms with Crippen LogP contribution in [0.4, 0.5) is 5.69 Å². The number of carbonyl (C=O) groups excluding carboxylic acids is 1. The molecular formula is C12H18N2O2. The van der Waals surface area contributed by atoms with Crippen LogP contribution in [0.1, 0.15) is 18.4 Å². The van der Waals surface area contributed by atoms with Crippen molar-refractivity contribution >= 4 is 11.6 Å². The van der Waals surface area contributed by atoms with Crippen LogP contribution in [0.2, 0.25) is 0 Å². The second-order valence-electron chi connectivity index (χ2n) is 3.73. The lowest BCUT2D eigenvalue weighted by atomic mass is 10.2. The van der Waals surface area contributed by atoms with Crippen molar-refractivity contribution in [3.63, 3.8) is 0 Å². The predicted octanol–water partition coefficient (Wildman–Crippen LogP) is 1.64. The van der Waals surface area contributed by atoms with E-state index < -0.39 is 0 Å². The number of amides is 1. The van der Waals surface area contributed by atoms with E-state index in [9.17, 15) is 9.90 Å². The van der Waals surface area contributed by atoms with Crippen LogP contribution >= 0.6 is 0 Å². The molecule has 3 N–H and O–H groups in total. The van der Waals surface area contributed by atoms with Crippen LogP contribution in [0, 0.1) is 6.92 Å². The van der Waals surface area contributed by atoms with Gasteiger partial charge in [-0.05, 0) is 38.6 Å². The number of phenols is 1. The molecule has 16 heavy (non-hydrogen) atoms. The highest BCUT2D eigenvalue weighted by Crippen LogP contribution is 2.26. The SMILES string of the molecule is CNCCCC(=O)Nc1cccc(C)c1O. The highest BCUT2D eigenvalue weighted by Gasteiger charge is 2.07. The second-order valence-corrected chi connectivity index (χ2v) is 3.73. The van der Waals surface area contributed by atoms with Crippen LogP contribution < -0.4 is 10.6 Å². The van der Waals surface area contributed by atoms with E-state index in [0.717, 1.165) is 18.5 Å². The fourth-order valence-electron chi connectivity index (χ4n) is 1.40. The Labute approximate surface area is 95.7 Å². The van der Waals surface area contributed by atoms with Crippen molar-refractivity contribution in [3.8, 4) is 5.75 Å². The van der Waals surface area contributed by atoms with Gasteiger partial charge < -0.3 is 15.7 Å². The Balaban J connectivity index is 2.53. The molecule has 0 radical (unpaired) electrons. The monoisotopic (exact) mass is 222 g/mol. The molecule has 4 heteroatoms. The molecule has 4 nitrogen and oxygen atoms in total. The Bertz CT molecular complexity index is 364. The maximum absolute atomic E-state index is 11.5. The third-order valence-electron chi connectivity index (χ3n) is 2.34. The summed E-state index contributed by atoms with van der Waals surface area (Å²) < 4.78 is 0. The molecule has 0 aromatic heterocycles. The van der Waals surface area contributed by atoms with E-state index in [-0.39, 0.29) is 11.7 Å². The Kier molecular flexibility index (Phi) is 4.79. The van der Waals surface area contributed by atoms with Crippen molar-refractivity contribution in [2.24, 2.45) is 0 Å². The van der Waals surface area contributed by atoms with E-state index in [1.165, 1.54) is 0 Å². The number of aryl methyl sites for hydroxylation is 1. The van der Waals surface area contributed by atoms with E-state index >= 15 is 0 Å². The van der Waals surface area contributed by atoms with Crippen molar-refractivity contribution in [1.29, 1.82) is 0 Å². The molecular weight excluding hydrogens is 204 g/mol. The molecule has 88 valence electrons. The zero-order chi connectivity index (χ0) is 12.0. The molecule has 1 amide bonds. The van der Waals surface area contributed by atoms with Crippen LogP contribution in [-0.4, -0.2) is 24.6 Å². The van der Waals surface area contributed by atoms with Crippen LogP contribution in [0.25, 0.3) is 0 Å². The molecule has 1 rings (SSSR count). The zero-order valence-corrected chi connectivity index (χ0v) is 9.71. The van der Waals surface area contributed by atoms with Crippen molar-refractivity contribution in [1.82, 2.24) is 5.32 Å². The summed E-state index contributed by atoms with van der Waals surface area (Å²) in [5.74, 6) is 0.0700. The number of aromatic hydroxyl groups is 1.